The molecule has 2 aromatic rings. The maximum Gasteiger partial charge on any atom is 0.254 e. The molecule has 1 heterocycles. The van der Waals surface area contributed by atoms with Gasteiger partial charge < -0.3 is 24.6 Å². The predicted octanol–water partition coefficient (Wildman–Crippen LogP) is 3.99. The lowest BCUT2D eigenvalue weighted by molar-refractivity contribution is -0.124. The van der Waals surface area contributed by atoms with Crippen molar-refractivity contribution in [3.8, 4) is 11.5 Å². The van der Waals surface area contributed by atoms with Crippen LogP contribution in [0.4, 0.5) is 4.39 Å². The van der Waals surface area contributed by atoms with Gasteiger partial charge in [-0.15, -0.1) is 0 Å². The predicted molar refractivity (Wildman–Crippen MR) is 134 cm³/mol. The number of likely N-dealkylation sites (N-methyl/N-ethyl adjacent to an activating group) is 1. The zero-order valence-electron chi connectivity index (χ0n) is 21.3. The van der Waals surface area contributed by atoms with Crippen LogP contribution in [0.15, 0.2) is 36.4 Å². The van der Waals surface area contributed by atoms with E-state index in [4.69, 9.17) is 9.47 Å². The van der Waals surface area contributed by atoms with Crippen LogP contribution in [-0.2, 0) is 4.79 Å². The molecule has 0 bridgehead atoms. The SMILES string of the molecule is CCCN(CCC)CCNC(=O)[C@@H]1c2cc(OC)c(OC)cc2C(=O)N(C)[C@H]1c1ccccc1F. The van der Waals surface area contributed by atoms with Crippen molar-refractivity contribution in [3.05, 3.63) is 58.9 Å². The molecular weight excluding hydrogens is 449 g/mol. The van der Waals surface area contributed by atoms with Crippen molar-refractivity contribution < 1.29 is 23.5 Å². The number of benzene rings is 2. The summed E-state index contributed by atoms with van der Waals surface area (Å²) in [5, 5.41) is 3.05. The van der Waals surface area contributed by atoms with Crippen molar-refractivity contribution in [2.75, 3.05) is 47.4 Å². The summed E-state index contributed by atoms with van der Waals surface area (Å²) in [7, 11) is 4.59. The molecule has 1 aliphatic heterocycles. The fraction of sp³-hybridized carbons (Fsp3) is 0.481. The Kier molecular flexibility index (Phi) is 9.09. The Morgan fingerprint density at radius 1 is 1.03 bits per heavy atom. The van der Waals surface area contributed by atoms with Gasteiger partial charge in [-0.2, -0.15) is 0 Å². The zero-order chi connectivity index (χ0) is 25.5. The van der Waals surface area contributed by atoms with Gasteiger partial charge in [0.2, 0.25) is 5.91 Å². The van der Waals surface area contributed by atoms with Crippen molar-refractivity contribution >= 4 is 11.8 Å². The Balaban J connectivity index is 2.02. The summed E-state index contributed by atoms with van der Waals surface area (Å²) in [5.41, 5.74) is 1.13. The maximum atomic E-state index is 15.0. The van der Waals surface area contributed by atoms with E-state index in [0.717, 1.165) is 32.5 Å². The molecule has 1 aliphatic rings. The van der Waals surface area contributed by atoms with Gasteiger partial charge in [0.25, 0.3) is 5.91 Å². The van der Waals surface area contributed by atoms with Gasteiger partial charge >= 0.3 is 0 Å². The molecular formula is C27H36FN3O4. The Morgan fingerprint density at radius 2 is 1.66 bits per heavy atom. The van der Waals surface area contributed by atoms with E-state index in [1.54, 1.807) is 37.4 Å². The smallest absolute Gasteiger partial charge is 0.254 e. The van der Waals surface area contributed by atoms with Gasteiger partial charge in [0, 0.05) is 31.3 Å². The summed E-state index contributed by atoms with van der Waals surface area (Å²) in [6.07, 6.45) is 2.07. The summed E-state index contributed by atoms with van der Waals surface area (Å²) in [4.78, 5) is 30.8. The van der Waals surface area contributed by atoms with E-state index < -0.39 is 17.8 Å². The van der Waals surface area contributed by atoms with Crippen LogP contribution in [0, 0.1) is 5.82 Å². The molecule has 2 amide bonds. The number of nitrogens with one attached hydrogen (secondary N) is 1. The Morgan fingerprint density at radius 3 is 2.26 bits per heavy atom. The highest BCUT2D eigenvalue weighted by Crippen LogP contribution is 2.46. The first kappa shape index (κ1) is 26.5. The molecule has 0 aromatic heterocycles. The van der Waals surface area contributed by atoms with Crippen LogP contribution < -0.4 is 14.8 Å². The minimum atomic E-state index is -0.824. The molecule has 0 radical (unpaired) electrons. The number of ether oxygens (including phenoxy) is 2. The molecule has 0 fully saturated rings. The van der Waals surface area contributed by atoms with Crippen LogP contribution >= 0.6 is 0 Å². The Labute approximate surface area is 207 Å². The minimum Gasteiger partial charge on any atom is -0.493 e. The number of fused-ring (bicyclic) bond motifs is 1. The van der Waals surface area contributed by atoms with E-state index in [2.05, 4.69) is 24.1 Å². The first-order valence-corrected chi connectivity index (χ1v) is 12.1. The largest absolute Gasteiger partial charge is 0.493 e. The lowest BCUT2D eigenvalue weighted by atomic mass is 9.79. The van der Waals surface area contributed by atoms with Crippen molar-refractivity contribution in [1.82, 2.24) is 15.1 Å². The van der Waals surface area contributed by atoms with Crippen LogP contribution in [-0.4, -0.2) is 69.1 Å². The number of hydrogen-bond donors (Lipinski definition) is 1. The molecule has 2 atom stereocenters. The fourth-order valence-corrected chi connectivity index (χ4v) is 4.85. The van der Waals surface area contributed by atoms with Gasteiger partial charge in [-0.3, -0.25) is 9.59 Å². The van der Waals surface area contributed by atoms with E-state index in [-0.39, 0.29) is 11.8 Å². The first-order valence-electron chi connectivity index (χ1n) is 12.1. The number of hydrogen-bond acceptors (Lipinski definition) is 5. The van der Waals surface area contributed by atoms with Gasteiger partial charge in [-0.1, -0.05) is 32.0 Å². The van der Waals surface area contributed by atoms with Gasteiger partial charge in [-0.05, 0) is 49.7 Å². The van der Waals surface area contributed by atoms with E-state index in [1.165, 1.54) is 25.2 Å². The molecule has 0 aliphatic carbocycles. The van der Waals surface area contributed by atoms with E-state index >= 15 is 0 Å². The Hall–Kier alpha value is -3.13. The van der Waals surface area contributed by atoms with Crippen molar-refractivity contribution in [3.63, 3.8) is 0 Å². The van der Waals surface area contributed by atoms with Crippen molar-refractivity contribution in [2.24, 2.45) is 0 Å². The number of carbonyl (C=O) groups is 2. The fourth-order valence-electron chi connectivity index (χ4n) is 4.85. The second-order valence-corrected chi connectivity index (χ2v) is 8.79. The highest BCUT2D eigenvalue weighted by molar-refractivity contribution is 6.02. The monoisotopic (exact) mass is 485 g/mol. The van der Waals surface area contributed by atoms with Crippen LogP contribution in [0.5, 0.6) is 11.5 Å². The first-order chi connectivity index (χ1) is 16.9. The van der Waals surface area contributed by atoms with E-state index in [0.29, 0.717) is 34.7 Å². The standard InChI is InChI=1S/C27H36FN3O4/c1-6-13-31(14-7-2)15-12-29-26(32)24-19-16-22(34-4)23(35-5)17-20(19)27(33)30(3)25(24)18-10-8-9-11-21(18)28/h8-11,16-17,24-25H,6-7,12-15H2,1-5H3,(H,29,32)/t24-,25+/m1/s1. The van der Waals surface area contributed by atoms with Gasteiger partial charge in [0.15, 0.2) is 11.5 Å². The highest BCUT2D eigenvalue weighted by atomic mass is 19.1. The van der Waals surface area contributed by atoms with Crippen molar-refractivity contribution in [2.45, 2.75) is 38.6 Å². The van der Waals surface area contributed by atoms with Crippen LogP contribution in [0.2, 0.25) is 0 Å². The molecule has 35 heavy (non-hydrogen) atoms. The molecule has 3 rings (SSSR count). The van der Waals surface area contributed by atoms with Gasteiger partial charge in [0.1, 0.15) is 5.82 Å². The van der Waals surface area contributed by atoms with Crippen LogP contribution in [0.3, 0.4) is 0 Å². The number of amides is 2. The molecule has 190 valence electrons. The summed E-state index contributed by atoms with van der Waals surface area (Å²) >= 11 is 0. The second-order valence-electron chi connectivity index (χ2n) is 8.79. The van der Waals surface area contributed by atoms with Crippen molar-refractivity contribution in [1.29, 1.82) is 0 Å². The highest BCUT2D eigenvalue weighted by Gasteiger charge is 2.44. The third-order valence-corrected chi connectivity index (χ3v) is 6.49. The molecule has 2 aromatic carbocycles. The molecule has 0 saturated carbocycles. The number of nitrogens with zero attached hydrogens (tertiary/aromatic N) is 2. The van der Waals surface area contributed by atoms with Crippen LogP contribution in [0.25, 0.3) is 0 Å². The summed E-state index contributed by atoms with van der Waals surface area (Å²) < 4.78 is 25.8. The maximum absolute atomic E-state index is 15.0. The molecule has 1 N–H and O–H groups in total. The molecule has 0 spiro atoms. The number of methoxy groups -OCH3 is 2. The van der Waals surface area contributed by atoms with Crippen LogP contribution in [0.1, 0.15) is 60.1 Å². The van der Waals surface area contributed by atoms with E-state index in [9.17, 15) is 14.0 Å². The third-order valence-electron chi connectivity index (χ3n) is 6.49. The second kappa shape index (κ2) is 12.0. The topological polar surface area (TPSA) is 71.1 Å². The average molecular weight is 486 g/mol. The van der Waals surface area contributed by atoms with E-state index in [1.807, 2.05) is 0 Å². The quantitative estimate of drug-likeness (QED) is 0.521. The lowest BCUT2D eigenvalue weighted by Gasteiger charge is -2.40. The molecule has 0 unspecified atom stereocenters. The summed E-state index contributed by atoms with van der Waals surface area (Å²) in [6.45, 7) is 7.36. The average Bonchev–Trinajstić information content (AvgIpc) is 2.86. The van der Waals surface area contributed by atoms with Gasteiger partial charge in [-0.25, -0.2) is 4.39 Å². The lowest BCUT2D eigenvalue weighted by Crippen LogP contribution is -2.47. The molecule has 8 heteroatoms. The Bertz CT molecular complexity index is 1040. The molecule has 7 nitrogen and oxygen atoms in total. The number of rotatable bonds is 11. The zero-order valence-corrected chi connectivity index (χ0v) is 21.3. The summed E-state index contributed by atoms with van der Waals surface area (Å²) in [5.74, 6) is -1.06. The van der Waals surface area contributed by atoms with Gasteiger partial charge in [0.05, 0.1) is 26.2 Å². The third kappa shape index (κ3) is 5.59. The number of carbonyl (C=O) groups excluding carboxylic acids is 2. The number of halogens is 1. The normalized spacial score (nSPS) is 17.3. The minimum absolute atomic E-state index is 0.265. The molecule has 0 saturated heterocycles. The summed E-state index contributed by atoms with van der Waals surface area (Å²) in [6, 6.07) is 8.73.